The van der Waals surface area contributed by atoms with Gasteiger partial charge in [0.15, 0.2) is 11.3 Å². The zero-order valence-corrected chi connectivity index (χ0v) is 13.3. The summed E-state index contributed by atoms with van der Waals surface area (Å²) in [4.78, 5) is 23.2. The van der Waals surface area contributed by atoms with Crippen molar-refractivity contribution in [3.05, 3.63) is 41.5 Å². The van der Waals surface area contributed by atoms with Gasteiger partial charge in [-0.15, -0.1) is 11.3 Å². The van der Waals surface area contributed by atoms with Crippen LogP contribution in [0.3, 0.4) is 0 Å². The smallest absolute Gasteiger partial charge is 0.178 e. The normalized spacial score (nSPS) is 15.0. The van der Waals surface area contributed by atoms with Gasteiger partial charge in [0, 0.05) is 37.8 Å². The fraction of sp³-hybridized carbons (Fsp3) is 0.235. The van der Waals surface area contributed by atoms with E-state index < -0.39 is 0 Å². The van der Waals surface area contributed by atoms with Gasteiger partial charge < -0.3 is 10.2 Å². The molecule has 1 aromatic carbocycles. The number of hydrogen-bond acceptors (Lipinski definition) is 6. The number of nitrogens with zero attached hydrogens (tertiary/aromatic N) is 3. The highest BCUT2D eigenvalue weighted by molar-refractivity contribution is 7.16. The Labute approximate surface area is 138 Å². The minimum absolute atomic E-state index is 0.485. The quantitative estimate of drug-likeness (QED) is 0.751. The topological polar surface area (TPSA) is 58.1 Å². The maximum absolute atomic E-state index is 10.9. The SMILES string of the molecule is O=Cc1ncc(-c2cc3ccccc3c(N3CCNCC3)n2)s1. The molecule has 1 saturated heterocycles. The Morgan fingerprint density at radius 2 is 2.04 bits per heavy atom. The molecule has 3 aromatic rings. The first-order chi connectivity index (χ1) is 11.3. The summed E-state index contributed by atoms with van der Waals surface area (Å²) in [5, 5.41) is 6.18. The van der Waals surface area contributed by atoms with Crippen LogP contribution in [0.5, 0.6) is 0 Å². The molecule has 0 aliphatic carbocycles. The number of aromatic nitrogens is 2. The summed E-state index contributed by atoms with van der Waals surface area (Å²) in [6, 6.07) is 10.4. The summed E-state index contributed by atoms with van der Waals surface area (Å²) in [5.74, 6) is 1.01. The Bertz CT molecular complexity index is 855. The first-order valence-electron chi connectivity index (χ1n) is 7.62. The number of benzene rings is 1. The lowest BCUT2D eigenvalue weighted by atomic mass is 10.1. The first-order valence-corrected chi connectivity index (χ1v) is 8.43. The first kappa shape index (κ1) is 14.3. The molecule has 2 aromatic heterocycles. The largest absolute Gasteiger partial charge is 0.354 e. The average molecular weight is 324 g/mol. The van der Waals surface area contributed by atoms with Crippen molar-refractivity contribution in [2.45, 2.75) is 0 Å². The van der Waals surface area contributed by atoms with Crippen LogP contribution in [0.15, 0.2) is 36.5 Å². The molecule has 0 amide bonds. The van der Waals surface area contributed by atoms with Crippen LogP contribution in [-0.2, 0) is 0 Å². The maximum Gasteiger partial charge on any atom is 0.178 e. The predicted octanol–water partition coefficient (Wildman–Crippen LogP) is 2.58. The summed E-state index contributed by atoms with van der Waals surface area (Å²) < 4.78 is 0. The average Bonchev–Trinajstić information content (AvgIpc) is 3.11. The molecule has 5 nitrogen and oxygen atoms in total. The number of carbonyl (C=O) groups is 1. The Morgan fingerprint density at radius 1 is 1.22 bits per heavy atom. The van der Waals surface area contributed by atoms with Crippen molar-refractivity contribution in [2.24, 2.45) is 0 Å². The van der Waals surface area contributed by atoms with Crippen LogP contribution >= 0.6 is 11.3 Å². The molecule has 1 aliphatic heterocycles. The Kier molecular flexibility index (Phi) is 3.77. The summed E-state index contributed by atoms with van der Waals surface area (Å²) in [7, 11) is 0. The maximum atomic E-state index is 10.9. The van der Waals surface area contributed by atoms with Crippen LogP contribution < -0.4 is 10.2 Å². The number of pyridine rings is 1. The third-order valence-corrected chi connectivity index (χ3v) is 4.96. The van der Waals surface area contributed by atoms with Gasteiger partial charge in [-0.25, -0.2) is 9.97 Å². The molecule has 1 aliphatic rings. The van der Waals surface area contributed by atoms with Crippen LogP contribution in [0.1, 0.15) is 9.80 Å². The molecule has 0 saturated carbocycles. The highest BCUT2D eigenvalue weighted by Gasteiger charge is 2.17. The van der Waals surface area contributed by atoms with Gasteiger partial charge in [-0.2, -0.15) is 0 Å². The van der Waals surface area contributed by atoms with Crippen molar-refractivity contribution in [1.82, 2.24) is 15.3 Å². The van der Waals surface area contributed by atoms with E-state index in [0.29, 0.717) is 5.01 Å². The molecular weight excluding hydrogens is 308 g/mol. The third-order valence-electron chi connectivity index (χ3n) is 4.01. The number of hydrogen-bond donors (Lipinski definition) is 1. The monoisotopic (exact) mass is 324 g/mol. The Hall–Kier alpha value is -2.31. The van der Waals surface area contributed by atoms with E-state index in [4.69, 9.17) is 4.98 Å². The van der Waals surface area contributed by atoms with Crippen LogP contribution in [0.2, 0.25) is 0 Å². The van der Waals surface area contributed by atoms with Gasteiger partial charge in [0.1, 0.15) is 5.82 Å². The molecule has 0 atom stereocenters. The molecule has 0 radical (unpaired) electrons. The van der Waals surface area contributed by atoms with Gasteiger partial charge in [-0.3, -0.25) is 4.79 Å². The fourth-order valence-electron chi connectivity index (χ4n) is 2.88. The number of fused-ring (bicyclic) bond motifs is 1. The predicted molar refractivity (Wildman–Crippen MR) is 93.3 cm³/mol. The van der Waals surface area contributed by atoms with E-state index in [0.717, 1.165) is 54.2 Å². The number of thiazole rings is 1. The minimum atomic E-state index is 0.485. The highest BCUT2D eigenvalue weighted by Crippen LogP contribution is 2.32. The van der Waals surface area contributed by atoms with Gasteiger partial charge in [0.25, 0.3) is 0 Å². The van der Waals surface area contributed by atoms with Crippen molar-refractivity contribution in [3.8, 4) is 10.6 Å². The highest BCUT2D eigenvalue weighted by atomic mass is 32.1. The summed E-state index contributed by atoms with van der Waals surface area (Å²) >= 11 is 1.38. The van der Waals surface area contributed by atoms with Gasteiger partial charge >= 0.3 is 0 Å². The van der Waals surface area contributed by atoms with E-state index in [1.54, 1.807) is 6.20 Å². The molecular formula is C17H16N4OS. The second kappa shape index (κ2) is 6.06. The van der Waals surface area contributed by atoms with Gasteiger partial charge in [-0.1, -0.05) is 24.3 Å². The molecule has 23 heavy (non-hydrogen) atoms. The van der Waals surface area contributed by atoms with Crippen molar-refractivity contribution in [1.29, 1.82) is 0 Å². The summed E-state index contributed by atoms with van der Waals surface area (Å²) in [5.41, 5.74) is 0.878. The summed E-state index contributed by atoms with van der Waals surface area (Å²) in [6.45, 7) is 3.83. The van der Waals surface area contributed by atoms with E-state index in [9.17, 15) is 4.79 Å². The van der Waals surface area contributed by atoms with E-state index in [1.165, 1.54) is 16.7 Å². The van der Waals surface area contributed by atoms with E-state index in [1.807, 2.05) is 12.1 Å². The number of piperazine rings is 1. The van der Waals surface area contributed by atoms with Crippen LogP contribution in [0.4, 0.5) is 5.82 Å². The molecule has 0 unspecified atom stereocenters. The zero-order valence-electron chi connectivity index (χ0n) is 12.5. The minimum Gasteiger partial charge on any atom is -0.354 e. The number of anilines is 1. The second-order valence-electron chi connectivity index (χ2n) is 5.47. The van der Waals surface area contributed by atoms with Crippen molar-refractivity contribution < 1.29 is 4.79 Å². The third kappa shape index (κ3) is 2.71. The molecule has 116 valence electrons. The number of rotatable bonds is 3. The number of aldehydes is 1. The van der Waals surface area contributed by atoms with Crippen molar-refractivity contribution in [2.75, 3.05) is 31.1 Å². The van der Waals surface area contributed by atoms with E-state index >= 15 is 0 Å². The second-order valence-corrected chi connectivity index (χ2v) is 6.53. The molecule has 1 N–H and O–H groups in total. The van der Waals surface area contributed by atoms with E-state index in [-0.39, 0.29) is 0 Å². The van der Waals surface area contributed by atoms with Gasteiger partial charge in [-0.05, 0) is 11.5 Å². The molecule has 1 fully saturated rings. The summed E-state index contributed by atoms with van der Waals surface area (Å²) in [6.07, 6.45) is 2.51. The Balaban J connectivity index is 1.87. The zero-order chi connectivity index (χ0) is 15.6. The Morgan fingerprint density at radius 3 is 2.83 bits per heavy atom. The van der Waals surface area contributed by atoms with Gasteiger partial charge in [0.2, 0.25) is 0 Å². The lowest BCUT2D eigenvalue weighted by molar-refractivity contribution is 0.112. The van der Waals surface area contributed by atoms with Crippen molar-refractivity contribution >= 4 is 34.2 Å². The van der Waals surface area contributed by atoms with Crippen LogP contribution in [-0.4, -0.2) is 42.4 Å². The lowest BCUT2D eigenvalue weighted by Gasteiger charge is -2.29. The van der Waals surface area contributed by atoms with Crippen LogP contribution in [0.25, 0.3) is 21.3 Å². The molecule has 0 spiro atoms. The van der Waals surface area contributed by atoms with E-state index in [2.05, 4.69) is 33.4 Å². The van der Waals surface area contributed by atoms with Crippen LogP contribution in [0, 0.1) is 0 Å². The standard InChI is InChI=1S/C17H16N4OS/c22-11-16-19-10-15(23-16)14-9-12-3-1-2-4-13(12)17(20-14)21-7-5-18-6-8-21/h1-4,9-11,18H,5-8H2. The van der Waals surface area contributed by atoms with Gasteiger partial charge in [0.05, 0.1) is 10.6 Å². The number of carbonyl (C=O) groups excluding carboxylic acids is 1. The fourth-order valence-corrected chi connectivity index (χ4v) is 3.58. The molecule has 0 bridgehead atoms. The molecule has 4 rings (SSSR count). The van der Waals surface area contributed by atoms with Crippen molar-refractivity contribution in [3.63, 3.8) is 0 Å². The lowest BCUT2D eigenvalue weighted by Crippen LogP contribution is -2.44. The number of nitrogens with one attached hydrogen (secondary N) is 1. The molecule has 6 heteroatoms. The molecule has 3 heterocycles.